The number of allylic oxidation sites excluding steroid dienone is 4. The molecule has 4 heteroatoms. The lowest BCUT2D eigenvalue weighted by atomic mass is 9.89. The topological polar surface area (TPSA) is 71.2 Å². The maximum absolute atomic E-state index is 12.0. The number of nitrogens with one attached hydrogen (secondary N) is 1. The number of nitrogens with zero attached hydrogens (tertiary/aromatic N) is 1. The van der Waals surface area contributed by atoms with Crippen molar-refractivity contribution in [3.63, 3.8) is 0 Å². The van der Waals surface area contributed by atoms with Gasteiger partial charge in [-0.2, -0.15) is 4.99 Å². The van der Waals surface area contributed by atoms with Crippen LogP contribution in [0, 0.1) is 5.92 Å². The SMILES string of the molecule is CCc1cc(C(=O)N=C(C)N)[nH]c1CC1=CC=CCC1C. The van der Waals surface area contributed by atoms with Crippen LogP contribution in [-0.4, -0.2) is 16.7 Å². The van der Waals surface area contributed by atoms with E-state index in [-0.39, 0.29) is 11.7 Å². The summed E-state index contributed by atoms with van der Waals surface area (Å²) in [6.07, 6.45) is 9.30. The quantitative estimate of drug-likeness (QED) is 0.659. The maximum Gasteiger partial charge on any atom is 0.295 e. The second-order valence-corrected chi connectivity index (χ2v) is 5.58. The number of aliphatic imine (C=N–C) groups is 1. The Morgan fingerprint density at radius 2 is 2.29 bits per heavy atom. The maximum atomic E-state index is 12.0. The molecule has 3 N–H and O–H groups in total. The van der Waals surface area contributed by atoms with Gasteiger partial charge in [-0.3, -0.25) is 4.79 Å². The molecule has 1 amide bonds. The molecule has 0 spiro atoms. The molecule has 1 aromatic rings. The van der Waals surface area contributed by atoms with Crippen molar-refractivity contribution in [2.45, 2.75) is 40.0 Å². The summed E-state index contributed by atoms with van der Waals surface area (Å²) in [5.41, 5.74) is 9.67. The molecule has 112 valence electrons. The van der Waals surface area contributed by atoms with Crippen molar-refractivity contribution < 1.29 is 4.79 Å². The number of rotatable bonds is 4. The van der Waals surface area contributed by atoms with Gasteiger partial charge in [0.15, 0.2) is 0 Å². The molecule has 1 aliphatic rings. The number of amides is 1. The molecule has 0 aromatic carbocycles. The highest BCUT2D eigenvalue weighted by molar-refractivity contribution is 6.01. The van der Waals surface area contributed by atoms with Crippen LogP contribution in [0.2, 0.25) is 0 Å². The smallest absolute Gasteiger partial charge is 0.295 e. The molecule has 0 saturated heterocycles. The molecule has 0 saturated carbocycles. The van der Waals surface area contributed by atoms with Crippen LogP contribution in [0.25, 0.3) is 0 Å². The number of H-pyrrole nitrogens is 1. The van der Waals surface area contributed by atoms with Crippen molar-refractivity contribution in [2.24, 2.45) is 16.6 Å². The van der Waals surface area contributed by atoms with Crippen molar-refractivity contribution in [3.8, 4) is 0 Å². The summed E-state index contributed by atoms with van der Waals surface area (Å²) in [6.45, 7) is 5.94. The minimum Gasteiger partial charge on any atom is -0.387 e. The Morgan fingerprint density at radius 1 is 1.52 bits per heavy atom. The van der Waals surface area contributed by atoms with E-state index in [1.807, 2.05) is 6.07 Å². The van der Waals surface area contributed by atoms with Crippen LogP contribution in [-0.2, 0) is 12.8 Å². The standard InChI is InChI=1S/C17H23N3O/c1-4-13-9-16(17(21)19-12(3)18)20-15(13)10-14-8-6-5-7-11(14)2/h5-6,8-9,11,20H,4,7,10H2,1-3H3,(H2,18,19,21). The summed E-state index contributed by atoms with van der Waals surface area (Å²) in [6, 6.07) is 1.90. The zero-order valence-corrected chi connectivity index (χ0v) is 12.9. The molecule has 1 aromatic heterocycles. The van der Waals surface area contributed by atoms with Gasteiger partial charge in [0.25, 0.3) is 5.91 Å². The Kier molecular flexibility index (Phi) is 4.78. The second kappa shape index (κ2) is 6.57. The van der Waals surface area contributed by atoms with E-state index in [0.29, 0.717) is 11.6 Å². The van der Waals surface area contributed by atoms with E-state index in [9.17, 15) is 4.79 Å². The van der Waals surface area contributed by atoms with E-state index in [4.69, 9.17) is 5.73 Å². The molecule has 0 bridgehead atoms. The van der Waals surface area contributed by atoms with Gasteiger partial charge in [-0.1, -0.05) is 37.6 Å². The van der Waals surface area contributed by atoms with Gasteiger partial charge in [0.2, 0.25) is 0 Å². The Balaban J connectivity index is 2.25. The van der Waals surface area contributed by atoms with Gasteiger partial charge in [0.1, 0.15) is 11.5 Å². The average Bonchev–Trinajstić information content (AvgIpc) is 2.84. The minimum atomic E-state index is -0.304. The normalized spacial score (nSPS) is 18.7. The predicted molar refractivity (Wildman–Crippen MR) is 86.5 cm³/mol. The van der Waals surface area contributed by atoms with Gasteiger partial charge in [-0.25, -0.2) is 0 Å². The molecule has 4 nitrogen and oxygen atoms in total. The second-order valence-electron chi connectivity index (χ2n) is 5.58. The summed E-state index contributed by atoms with van der Waals surface area (Å²) in [4.78, 5) is 19.0. The first-order chi connectivity index (χ1) is 10.0. The van der Waals surface area contributed by atoms with Crippen molar-refractivity contribution in [1.82, 2.24) is 4.98 Å². The fourth-order valence-corrected chi connectivity index (χ4v) is 2.58. The fraction of sp³-hybridized carbons (Fsp3) is 0.412. The van der Waals surface area contributed by atoms with Crippen LogP contribution in [0.4, 0.5) is 0 Å². The van der Waals surface area contributed by atoms with Gasteiger partial charge >= 0.3 is 0 Å². The van der Waals surface area contributed by atoms with Gasteiger partial charge in [0, 0.05) is 12.1 Å². The highest BCUT2D eigenvalue weighted by Crippen LogP contribution is 2.25. The predicted octanol–water partition coefficient (Wildman–Crippen LogP) is 3.16. The van der Waals surface area contributed by atoms with E-state index in [2.05, 4.69) is 42.1 Å². The van der Waals surface area contributed by atoms with Crippen LogP contribution in [0.1, 0.15) is 48.9 Å². The van der Waals surface area contributed by atoms with Crippen molar-refractivity contribution in [1.29, 1.82) is 0 Å². The number of hydrogen-bond acceptors (Lipinski definition) is 1. The molecular weight excluding hydrogens is 262 g/mol. The number of amidine groups is 1. The Morgan fingerprint density at radius 3 is 2.90 bits per heavy atom. The van der Waals surface area contributed by atoms with E-state index in [1.165, 1.54) is 11.1 Å². The molecule has 0 fully saturated rings. The van der Waals surface area contributed by atoms with E-state index >= 15 is 0 Å². The van der Waals surface area contributed by atoms with E-state index in [0.717, 1.165) is 25.0 Å². The third-order valence-electron chi connectivity index (χ3n) is 3.83. The third-order valence-corrected chi connectivity index (χ3v) is 3.83. The number of aryl methyl sites for hydroxylation is 1. The molecular formula is C17H23N3O. The number of hydrogen-bond donors (Lipinski definition) is 2. The van der Waals surface area contributed by atoms with Crippen LogP contribution in [0.5, 0.6) is 0 Å². The van der Waals surface area contributed by atoms with Crippen LogP contribution in [0.15, 0.2) is 34.9 Å². The average molecular weight is 285 g/mol. The lowest BCUT2D eigenvalue weighted by molar-refractivity contribution is 0.0998. The Bertz CT molecular complexity index is 616. The molecule has 1 unspecified atom stereocenters. The van der Waals surface area contributed by atoms with E-state index in [1.54, 1.807) is 6.92 Å². The number of nitrogens with two attached hydrogens (primary N) is 1. The first-order valence-corrected chi connectivity index (χ1v) is 7.42. The number of aromatic amines is 1. The molecule has 0 aliphatic heterocycles. The summed E-state index contributed by atoms with van der Waals surface area (Å²) in [7, 11) is 0. The van der Waals surface area contributed by atoms with Crippen molar-refractivity contribution in [3.05, 3.63) is 46.8 Å². The summed E-state index contributed by atoms with van der Waals surface area (Å²) in [5.74, 6) is 0.524. The lowest BCUT2D eigenvalue weighted by Gasteiger charge is -2.17. The van der Waals surface area contributed by atoms with Gasteiger partial charge in [-0.15, -0.1) is 0 Å². The third kappa shape index (κ3) is 3.72. The van der Waals surface area contributed by atoms with Crippen molar-refractivity contribution in [2.75, 3.05) is 0 Å². The Hall–Kier alpha value is -2.10. The largest absolute Gasteiger partial charge is 0.387 e. The van der Waals surface area contributed by atoms with Crippen molar-refractivity contribution >= 4 is 11.7 Å². The highest BCUT2D eigenvalue weighted by atomic mass is 16.1. The Labute approximate surface area is 125 Å². The van der Waals surface area contributed by atoms with Crippen LogP contribution in [0.3, 0.4) is 0 Å². The number of carbonyl (C=O) groups excluding carboxylic acids is 1. The van der Waals surface area contributed by atoms with Gasteiger partial charge in [-0.05, 0) is 37.3 Å². The monoisotopic (exact) mass is 285 g/mol. The first-order valence-electron chi connectivity index (χ1n) is 7.42. The zero-order chi connectivity index (χ0) is 15.4. The van der Waals surface area contributed by atoms with Gasteiger partial charge in [0.05, 0.1) is 0 Å². The molecule has 1 atom stereocenters. The number of aromatic nitrogens is 1. The van der Waals surface area contributed by atoms with Crippen LogP contribution < -0.4 is 5.73 Å². The summed E-state index contributed by atoms with van der Waals surface area (Å²) < 4.78 is 0. The van der Waals surface area contributed by atoms with E-state index < -0.39 is 0 Å². The molecule has 1 heterocycles. The fourth-order valence-electron chi connectivity index (χ4n) is 2.58. The molecule has 0 radical (unpaired) electrons. The summed E-state index contributed by atoms with van der Waals surface area (Å²) >= 11 is 0. The lowest BCUT2D eigenvalue weighted by Crippen LogP contribution is -2.09. The first kappa shape index (κ1) is 15.3. The highest BCUT2D eigenvalue weighted by Gasteiger charge is 2.16. The summed E-state index contributed by atoms with van der Waals surface area (Å²) in [5, 5.41) is 0. The minimum absolute atomic E-state index is 0.281. The molecule has 2 rings (SSSR count). The molecule has 1 aliphatic carbocycles. The molecule has 21 heavy (non-hydrogen) atoms. The van der Waals surface area contributed by atoms with Crippen LogP contribution >= 0.6 is 0 Å². The number of carbonyl (C=O) groups is 1. The van der Waals surface area contributed by atoms with Gasteiger partial charge < -0.3 is 10.7 Å². The zero-order valence-electron chi connectivity index (χ0n) is 12.9.